The SMILES string of the molecule is C=CCOC12Oc3ccc(Oc4ccc(C)c(C)c4)cc3C3C(CCCCO)C(CCCCO)C=C(C(=NOC)CC1N(CCC)C(=O)C=Cc1ccc([N+](=O)[O-])cc1)C32. The van der Waals surface area contributed by atoms with Gasteiger partial charge in [-0.2, -0.15) is 0 Å². The third kappa shape index (κ3) is 9.51. The van der Waals surface area contributed by atoms with Crippen molar-refractivity contribution < 1.29 is 39.0 Å². The second-order valence-electron chi connectivity index (χ2n) is 16.0. The lowest BCUT2D eigenvalue weighted by atomic mass is 9.55. The highest BCUT2D eigenvalue weighted by molar-refractivity contribution is 6.03. The molecule has 12 heteroatoms. The zero-order valence-electron chi connectivity index (χ0n) is 35.3. The van der Waals surface area contributed by atoms with Crippen LogP contribution in [0, 0.1) is 41.7 Å². The van der Waals surface area contributed by atoms with Gasteiger partial charge in [0.15, 0.2) is 0 Å². The van der Waals surface area contributed by atoms with E-state index in [1.165, 1.54) is 30.9 Å². The molecule has 3 aliphatic rings. The third-order valence-electron chi connectivity index (χ3n) is 12.2. The smallest absolute Gasteiger partial charge is 0.269 e. The second kappa shape index (κ2) is 20.3. The molecule has 6 rings (SSSR count). The minimum absolute atomic E-state index is 0.0329. The molecule has 2 N–H and O–H groups in total. The number of ether oxygens (including phenoxy) is 3. The number of nitro groups is 1. The number of benzene rings is 3. The van der Waals surface area contributed by atoms with Crippen LogP contribution in [0.3, 0.4) is 0 Å². The number of fused-ring (bicyclic) bond motifs is 2. The van der Waals surface area contributed by atoms with E-state index in [1.54, 1.807) is 29.2 Å². The number of carbonyl (C=O) groups excluding carboxylic acids is 1. The van der Waals surface area contributed by atoms with Gasteiger partial charge in [-0.05, 0) is 129 Å². The Bertz CT molecular complexity index is 2080. The zero-order valence-corrected chi connectivity index (χ0v) is 35.3. The number of amides is 1. The van der Waals surface area contributed by atoms with Crippen molar-refractivity contribution in [2.24, 2.45) is 22.9 Å². The van der Waals surface area contributed by atoms with Crippen LogP contribution in [-0.2, 0) is 14.4 Å². The quantitative estimate of drug-likeness (QED) is 0.0373. The van der Waals surface area contributed by atoms with Gasteiger partial charge in [-0.1, -0.05) is 43.1 Å². The Labute approximate surface area is 353 Å². The van der Waals surface area contributed by atoms with E-state index in [1.807, 2.05) is 37.3 Å². The van der Waals surface area contributed by atoms with Gasteiger partial charge in [-0.25, -0.2) is 0 Å². The molecule has 6 unspecified atom stereocenters. The molecule has 60 heavy (non-hydrogen) atoms. The van der Waals surface area contributed by atoms with Crippen LogP contribution in [0.5, 0.6) is 17.2 Å². The molecule has 320 valence electrons. The lowest BCUT2D eigenvalue weighted by Gasteiger charge is -2.60. The van der Waals surface area contributed by atoms with Gasteiger partial charge in [-0.15, -0.1) is 6.58 Å². The van der Waals surface area contributed by atoms with Crippen LogP contribution in [0.2, 0.25) is 0 Å². The van der Waals surface area contributed by atoms with E-state index >= 15 is 0 Å². The first-order valence-electron chi connectivity index (χ1n) is 21.2. The van der Waals surface area contributed by atoms with Crippen molar-refractivity contribution in [1.29, 1.82) is 0 Å². The topological polar surface area (TPSA) is 153 Å². The van der Waals surface area contributed by atoms with Crippen molar-refractivity contribution in [2.75, 3.05) is 33.5 Å². The molecule has 1 fully saturated rings. The number of carbonyl (C=O) groups is 1. The van der Waals surface area contributed by atoms with Gasteiger partial charge in [0, 0.05) is 55.9 Å². The average molecular weight is 822 g/mol. The molecule has 6 atom stereocenters. The fourth-order valence-corrected chi connectivity index (χ4v) is 9.37. The Balaban J connectivity index is 1.54. The minimum Gasteiger partial charge on any atom is -0.459 e. The fraction of sp³-hybridized carbons (Fsp3) is 0.458. The molecule has 1 heterocycles. The highest BCUT2D eigenvalue weighted by Gasteiger charge is 2.65. The summed E-state index contributed by atoms with van der Waals surface area (Å²) in [5.74, 6) is -0.119. The maximum Gasteiger partial charge on any atom is 0.269 e. The van der Waals surface area contributed by atoms with E-state index in [4.69, 9.17) is 19.0 Å². The van der Waals surface area contributed by atoms with E-state index in [2.05, 4.69) is 37.7 Å². The van der Waals surface area contributed by atoms with Crippen molar-refractivity contribution in [1.82, 2.24) is 4.90 Å². The number of unbranched alkanes of at least 4 members (excludes halogenated alkanes) is 2. The van der Waals surface area contributed by atoms with Gasteiger partial charge in [0.25, 0.3) is 5.69 Å². The van der Waals surface area contributed by atoms with Crippen molar-refractivity contribution in [3.8, 4) is 17.2 Å². The van der Waals surface area contributed by atoms with Gasteiger partial charge in [0.2, 0.25) is 11.7 Å². The molecule has 0 saturated heterocycles. The molecule has 0 spiro atoms. The summed E-state index contributed by atoms with van der Waals surface area (Å²) in [4.78, 5) is 32.8. The maximum atomic E-state index is 14.6. The summed E-state index contributed by atoms with van der Waals surface area (Å²) in [6.45, 7) is 10.9. The number of nitro benzene ring substituents is 1. The summed E-state index contributed by atoms with van der Waals surface area (Å²) in [6.07, 6.45) is 12.7. The Morgan fingerprint density at radius 3 is 2.40 bits per heavy atom. The first kappa shape index (κ1) is 44.3. The van der Waals surface area contributed by atoms with Crippen molar-refractivity contribution >= 4 is 23.4 Å². The van der Waals surface area contributed by atoms with Gasteiger partial charge in [0.05, 0.1) is 23.2 Å². The van der Waals surface area contributed by atoms with E-state index in [0.717, 1.165) is 48.1 Å². The molecule has 0 radical (unpaired) electrons. The third-order valence-corrected chi connectivity index (χ3v) is 12.2. The number of oxime groups is 1. The number of nitrogens with zero attached hydrogens (tertiary/aromatic N) is 3. The fourth-order valence-electron chi connectivity index (χ4n) is 9.37. The normalized spacial score (nSPS) is 23.6. The van der Waals surface area contributed by atoms with Crippen LogP contribution in [0.25, 0.3) is 6.08 Å². The number of rotatable bonds is 20. The first-order chi connectivity index (χ1) is 29.1. The maximum absolute atomic E-state index is 14.6. The summed E-state index contributed by atoms with van der Waals surface area (Å²) in [7, 11) is 1.53. The highest BCUT2D eigenvalue weighted by Crippen LogP contribution is 2.62. The van der Waals surface area contributed by atoms with Gasteiger partial charge >= 0.3 is 0 Å². The molecule has 1 aliphatic heterocycles. The Kier molecular flexibility index (Phi) is 15.0. The second-order valence-corrected chi connectivity index (χ2v) is 16.0. The van der Waals surface area contributed by atoms with E-state index in [-0.39, 0.29) is 55.6 Å². The minimum atomic E-state index is -1.39. The number of allylic oxidation sites excluding steroid dienone is 1. The number of hydrogen-bond acceptors (Lipinski definition) is 10. The molecular formula is C48H59N3O9. The highest BCUT2D eigenvalue weighted by atomic mass is 16.7. The molecule has 0 bridgehead atoms. The summed E-state index contributed by atoms with van der Waals surface area (Å²) in [5, 5.41) is 35.7. The standard InChI is InChI=1S/C48H59N3O9/c1-6-24-50(45(54)23-17-34-15-18-36(19-16-34)51(55)56)44-31-42(49-57-5)40-29-35(12-8-10-25-52)39(13-9-11-26-53)46-41-30-38(59-37-20-14-32(3)33(4)28-37)21-22-43(41)60-48(44,47(40)46)58-27-7-2/h7,14-23,28-30,35,39,44,46-47,52-53H,2,6,8-13,24-27,31H2,1,3-5H3. The number of aryl methyl sites for hydroxylation is 2. The zero-order chi connectivity index (χ0) is 42.8. The first-order valence-corrected chi connectivity index (χ1v) is 21.2. The van der Waals surface area contributed by atoms with E-state index in [9.17, 15) is 25.1 Å². The Morgan fingerprint density at radius 1 is 1.02 bits per heavy atom. The van der Waals surface area contributed by atoms with Crippen LogP contribution in [0.1, 0.15) is 86.5 Å². The van der Waals surface area contributed by atoms with Crippen LogP contribution < -0.4 is 9.47 Å². The summed E-state index contributed by atoms with van der Waals surface area (Å²) < 4.78 is 20.9. The average Bonchev–Trinajstić information content (AvgIpc) is 3.24. The predicted octanol–water partition coefficient (Wildman–Crippen LogP) is 9.22. The summed E-state index contributed by atoms with van der Waals surface area (Å²) >= 11 is 0. The summed E-state index contributed by atoms with van der Waals surface area (Å²) in [5.41, 5.74) is 5.54. The molecule has 12 nitrogen and oxygen atoms in total. The van der Waals surface area contributed by atoms with Crippen molar-refractivity contribution in [2.45, 2.75) is 89.9 Å². The number of aliphatic hydroxyl groups is 2. The summed E-state index contributed by atoms with van der Waals surface area (Å²) in [6, 6.07) is 17.4. The predicted molar refractivity (Wildman–Crippen MR) is 232 cm³/mol. The van der Waals surface area contributed by atoms with Crippen LogP contribution in [-0.4, -0.2) is 77.0 Å². The lowest BCUT2D eigenvalue weighted by Crippen LogP contribution is -2.70. The van der Waals surface area contributed by atoms with Crippen molar-refractivity contribution in [3.05, 3.63) is 123 Å². The molecule has 3 aromatic rings. The van der Waals surface area contributed by atoms with Crippen LogP contribution in [0.15, 0.2) is 96.2 Å². The lowest BCUT2D eigenvalue weighted by molar-refractivity contribution is -0.384. The molecular weight excluding hydrogens is 763 g/mol. The van der Waals surface area contributed by atoms with Gasteiger partial charge in [0.1, 0.15) is 30.4 Å². The molecule has 2 aliphatic carbocycles. The van der Waals surface area contributed by atoms with Crippen molar-refractivity contribution in [3.63, 3.8) is 0 Å². The largest absolute Gasteiger partial charge is 0.459 e. The van der Waals surface area contributed by atoms with E-state index < -0.39 is 22.7 Å². The molecule has 0 aromatic heterocycles. The molecule has 3 aromatic carbocycles. The Hall–Kier alpha value is -5.30. The molecule has 1 amide bonds. The number of non-ortho nitro benzene ring substituents is 1. The number of aliphatic hydroxyl groups excluding tert-OH is 2. The molecule has 1 saturated carbocycles. The van der Waals surface area contributed by atoms with Crippen LogP contribution in [0.4, 0.5) is 5.69 Å². The Morgan fingerprint density at radius 2 is 1.73 bits per heavy atom. The number of hydrogen-bond donors (Lipinski definition) is 2. The van der Waals surface area contributed by atoms with Gasteiger partial charge in [-0.3, -0.25) is 14.9 Å². The van der Waals surface area contributed by atoms with Crippen LogP contribution >= 0.6 is 0 Å². The van der Waals surface area contributed by atoms with Gasteiger partial charge < -0.3 is 34.2 Å². The van der Waals surface area contributed by atoms with E-state index in [0.29, 0.717) is 48.6 Å². The monoisotopic (exact) mass is 821 g/mol.